The van der Waals surface area contributed by atoms with E-state index in [9.17, 15) is 18.0 Å². The number of hydrogen-bond donors (Lipinski definition) is 2. The molecule has 0 fully saturated rings. The van der Waals surface area contributed by atoms with Crippen LogP contribution in [-0.2, 0) is 4.79 Å². The number of carbonyl (C=O) groups is 1. The quantitative estimate of drug-likeness (QED) is 0.719. The first-order chi connectivity index (χ1) is 6.41. The second-order valence-corrected chi connectivity index (χ2v) is 3.05. The predicted octanol–water partition coefficient (Wildman–Crippen LogP) is 1.18. The molecule has 1 amide bonds. The van der Waals surface area contributed by atoms with Crippen LogP contribution in [-0.4, -0.2) is 24.7 Å². The van der Waals surface area contributed by atoms with Crippen LogP contribution in [0.1, 0.15) is 26.2 Å². The van der Waals surface area contributed by atoms with Crippen LogP contribution in [0.15, 0.2) is 0 Å². The maximum absolute atomic E-state index is 11.8. The number of nitrogens with two attached hydrogens (primary N) is 1. The molecule has 0 saturated heterocycles. The minimum Gasteiger partial charge on any atom is -0.344 e. The van der Waals surface area contributed by atoms with Crippen molar-refractivity contribution < 1.29 is 18.0 Å². The highest BCUT2D eigenvalue weighted by Gasteiger charge is 2.39. The largest absolute Gasteiger partial charge is 0.471 e. The first-order valence-electron chi connectivity index (χ1n) is 4.49. The molecule has 0 radical (unpaired) electrons. The summed E-state index contributed by atoms with van der Waals surface area (Å²) in [5.41, 5.74) is 5.22. The van der Waals surface area contributed by atoms with Crippen molar-refractivity contribution in [2.45, 2.75) is 38.4 Å². The number of hydrogen-bond acceptors (Lipinski definition) is 2. The first kappa shape index (κ1) is 13.2. The van der Waals surface area contributed by atoms with E-state index in [1.54, 1.807) is 0 Å². The van der Waals surface area contributed by atoms with Gasteiger partial charge in [0.1, 0.15) is 0 Å². The van der Waals surface area contributed by atoms with Crippen LogP contribution in [0.4, 0.5) is 13.2 Å². The van der Waals surface area contributed by atoms with Gasteiger partial charge in [0.2, 0.25) is 0 Å². The molecule has 0 aromatic carbocycles. The highest BCUT2D eigenvalue weighted by Crippen LogP contribution is 2.14. The molecule has 14 heavy (non-hydrogen) atoms. The minimum atomic E-state index is -4.82. The van der Waals surface area contributed by atoms with Crippen molar-refractivity contribution in [2.24, 2.45) is 5.73 Å². The van der Waals surface area contributed by atoms with Crippen molar-refractivity contribution >= 4 is 5.91 Å². The van der Waals surface area contributed by atoms with Gasteiger partial charge in [-0.15, -0.1) is 0 Å². The Morgan fingerprint density at radius 2 is 2.07 bits per heavy atom. The van der Waals surface area contributed by atoms with E-state index in [-0.39, 0.29) is 6.54 Å². The van der Waals surface area contributed by atoms with Gasteiger partial charge in [-0.1, -0.05) is 19.8 Å². The molecule has 0 saturated carbocycles. The van der Waals surface area contributed by atoms with Crippen LogP contribution in [0, 0.1) is 0 Å². The van der Waals surface area contributed by atoms with Gasteiger partial charge in [0.15, 0.2) is 0 Å². The molecule has 1 unspecified atom stereocenters. The molecule has 0 spiro atoms. The highest BCUT2D eigenvalue weighted by atomic mass is 19.4. The second-order valence-electron chi connectivity index (χ2n) is 3.05. The summed E-state index contributed by atoms with van der Waals surface area (Å²) in [6, 6.07) is -0.580. The second kappa shape index (κ2) is 5.85. The first-order valence-corrected chi connectivity index (χ1v) is 4.49. The van der Waals surface area contributed by atoms with E-state index in [2.05, 4.69) is 0 Å². The van der Waals surface area contributed by atoms with Gasteiger partial charge >= 0.3 is 12.1 Å². The van der Waals surface area contributed by atoms with Crippen LogP contribution in [0.25, 0.3) is 0 Å². The topological polar surface area (TPSA) is 55.1 Å². The van der Waals surface area contributed by atoms with Gasteiger partial charge in [0, 0.05) is 12.6 Å². The van der Waals surface area contributed by atoms with Gasteiger partial charge in [-0.25, -0.2) is 0 Å². The van der Waals surface area contributed by atoms with E-state index in [0.717, 1.165) is 12.8 Å². The summed E-state index contributed by atoms with van der Waals surface area (Å²) in [5.74, 6) is -1.91. The van der Waals surface area contributed by atoms with Gasteiger partial charge in [-0.05, 0) is 6.42 Å². The average molecular weight is 212 g/mol. The molecule has 3 nitrogen and oxygen atoms in total. The van der Waals surface area contributed by atoms with E-state index in [4.69, 9.17) is 5.73 Å². The third kappa shape index (κ3) is 5.06. The molecule has 0 aliphatic carbocycles. The number of unbranched alkanes of at least 4 members (excludes halogenated alkanes) is 1. The summed E-state index contributed by atoms with van der Waals surface area (Å²) in [5, 5.41) is 1.85. The maximum atomic E-state index is 11.8. The van der Waals surface area contributed by atoms with E-state index in [1.165, 1.54) is 0 Å². The van der Waals surface area contributed by atoms with E-state index >= 15 is 0 Å². The van der Waals surface area contributed by atoms with Crippen LogP contribution in [0.3, 0.4) is 0 Å². The monoisotopic (exact) mass is 212 g/mol. The lowest BCUT2D eigenvalue weighted by Gasteiger charge is -2.17. The summed E-state index contributed by atoms with van der Waals surface area (Å²) in [6.07, 6.45) is -2.73. The average Bonchev–Trinajstić information content (AvgIpc) is 2.10. The summed E-state index contributed by atoms with van der Waals surface area (Å²) < 4.78 is 35.4. The Bertz CT molecular complexity index is 182. The Hall–Kier alpha value is -0.780. The lowest BCUT2D eigenvalue weighted by Crippen LogP contribution is -2.46. The molecule has 0 aliphatic heterocycles. The fourth-order valence-electron chi connectivity index (χ4n) is 0.967. The van der Waals surface area contributed by atoms with Crippen molar-refractivity contribution in [2.75, 3.05) is 6.54 Å². The zero-order valence-electron chi connectivity index (χ0n) is 8.03. The Kier molecular flexibility index (Phi) is 5.52. The van der Waals surface area contributed by atoms with Gasteiger partial charge < -0.3 is 11.1 Å². The number of amides is 1. The van der Waals surface area contributed by atoms with Gasteiger partial charge in [0.05, 0.1) is 0 Å². The summed E-state index contributed by atoms with van der Waals surface area (Å²) in [6.45, 7) is 1.95. The van der Waals surface area contributed by atoms with Crippen molar-refractivity contribution in [3.05, 3.63) is 0 Å². The number of rotatable bonds is 5. The normalized spacial score (nSPS) is 13.8. The molecular weight excluding hydrogens is 197 g/mol. The molecule has 0 aromatic rings. The van der Waals surface area contributed by atoms with Crippen molar-refractivity contribution in [3.63, 3.8) is 0 Å². The van der Waals surface area contributed by atoms with E-state index in [0.29, 0.717) is 6.42 Å². The van der Waals surface area contributed by atoms with Crippen LogP contribution in [0.5, 0.6) is 0 Å². The third-order valence-electron chi connectivity index (χ3n) is 1.78. The summed E-state index contributed by atoms with van der Waals surface area (Å²) >= 11 is 0. The van der Waals surface area contributed by atoms with Crippen LogP contribution < -0.4 is 11.1 Å². The molecule has 0 aliphatic rings. The standard InChI is InChI=1S/C8H15F3N2O/c1-2-3-4-6(5-12)13-7(14)8(9,10)11/h6H,2-5,12H2,1H3,(H,13,14). The van der Waals surface area contributed by atoms with Crippen LogP contribution in [0.2, 0.25) is 0 Å². The van der Waals surface area contributed by atoms with Crippen molar-refractivity contribution in [1.29, 1.82) is 0 Å². The number of nitrogens with one attached hydrogen (secondary N) is 1. The number of alkyl halides is 3. The Balaban J connectivity index is 3.99. The van der Waals surface area contributed by atoms with Crippen molar-refractivity contribution in [3.8, 4) is 0 Å². The van der Waals surface area contributed by atoms with E-state index < -0.39 is 18.1 Å². The molecule has 0 aromatic heterocycles. The summed E-state index contributed by atoms with van der Waals surface area (Å²) in [7, 11) is 0. The highest BCUT2D eigenvalue weighted by molar-refractivity contribution is 5.81. The lowest BCUT2D eigenvalue weighted by molar-refractivity contribution is -0.174. The SMILES string of the molecule is CCCCC(CN)NC(=O)C(F)(F)F. The zero-order chi connectivity index (χ0) is 11.2. The Labute approximate surface area is 80.8 Å². The maximum Gasteiger partial charge on any atom is 0.471 e. The Morgan fingerprint density at radius 1 is 1.50 bits per heavy atom. The predicted molar refractivity (Wildman–Crippen MR) is 46.6 cm³/mol. The lowest BCUT2D eigenvalue weighted by atomic mass is 10.1. The smallest absolute Gasteiger partial charge is 0.344 e. The minimum absolute atomic E-state index is 0.0296. The molecule has 84 valence electrons. The molecule has 6 heteroatoms. The van der Waals surface area contributed by atoms with Gasteiger partial charge in [-0.3, -0.25) is 4.79 Å². The molecule has 1 atom stereocenters. The fraction of sp³-hybridized carbons (Fsp3) is 0.875. The molecule has 0 rings (SSSR count). The third-order valence-corrected chi connectivity index (χ3v) is 1.78. The van der Waals surface area contributed by atoms with Gasteiger partial charge in [-0.2, -0.15) is 13.2 Å². The molecular formula is C8H15F3N2O. The Morgan fingerprint density at radius 3 is 2.43 bits per heavy atom. The summed E-state index contributed by atoms with van der Waals surface area (Å²) in [4.78, 5) is 10.5. The molecule has 0 heterocycles. The fourth-order valence-corrected chi connectivity index (χ4v) is 0.967. The molecule has 0 bridgehead atoms. The zero-order valence-corrected chi connectivity index (χ0v) is 8.03. The number of carbonyl (C=O) groups excluding carboxylic acids is 1. The number of halogens is 3. The van der Waals surface area contributed by atoms with Crippen molar-refractivity contribution in [1.82, 2.24) is 5.32 Å². The van der Waals surface area contributed by atoms with Gasteiger partial charge in [0.25, 0.3) is 0 Å². The van der Waals surface area contributed by atoms with Crippen LogP contribution >= 0.6 is 0 Å². The molecule has 3 N–H and O–H groups in total. The van der Waals surface area contributed by atoms with E-state index in [1.807, 2.05) is 12.2 Å².